The SMILES string of the molecule is CCNCCNc1c([N+](=O)[O-])c(C)nn1C(C)C. The Morgan fingerprint density at radius 1 is 1.44 bits per heavy atom. The predicted octanol–water partition coefficient (Wildman–Crippen LogP) is 1.70. The molecule has 2 N–H and O–H groups in total. The third kappa shape index (κ3) is 3.19. The first-order valence-corrected chi connectivity index (χ1v) is 6.17. The minimum atomic E-state index is -0.378. The van der Waals surface area contributed by atoms with Crippen LogP contribution < -0.4 is 10.6 Å². The van der Waals surface area contributed by atoms with Gasteiger partial charge < -0.3 is 10.6 Å². The molecule has 0 bridgehead atoms. The van der Waals surface area contributed by atoms with Crippen LogP contribution in [0.15, 0.2) is 0 Å². The topological polar surface area (TPSA) is 85.0 Å². The molecule has 18 heavy (non-hydrogen) atoms. The summed E-state index contributed by atoms with van der Waals surface area (Å²) in [5, 5.41) is 21.5. The molecule has 1 heterocycles. The van der Waals surface area contributed by atoms with Gasteiger partial charge in [-0.25, -0.2) is 4.68 Å². The molecule has 1 aromatic heterocycles. The van der Waals surface area contributed by atoms with Crippen molar-refractivity contribution in [3.8, 4) is 0 Å². The fourth-order valence-corrected chi connectivity index (χ4v) is 1.74. The average molecular weight is 255 g/mol. The van der Waals surface area contributed by atoms with Crippen LogP contribution in [0.1, 0.15) is 32.5 Å². The van der Waals surface area contributed by atoms with Crippen molar-refractivity contribution in [1.29, 1.82) is 0 Å². The lowest BCUT2D eigenvalue weighted by Crippen LogP contribution is -2.23. The smallest absolute Gasteiger partial charge is 0.333 e. The van der Waals surface area contributed by atoms with Gasteiger partial charge in [-0.1, -0.05) is 6.92 Å². The molecule has 102 valence electrons. The molecule has 0 aliphatic heterocycles. The van der Waals surface area contributed by atoms with Gasteiger partial charge >= 0.3 is 5.69 Å². The second-order valence-electron chi connectivity index (χ2n) is 4.36. The van der Waals surface area contributed by atoms with Crippen molar-refractivity contribution in [2.45, 2.75) is 33.7 Å². The van der Waals surface area contributed by atoms with E-state index in [1.54, 1.807) is 11.6 Å². The Labute approximate surface area is 107 Å². The van der Waals surface area contributed by atoms with Crippen molar-refractivity contribution in [3.63, 3.8) is 0 Å². The molecule has 0 spiro atoms. The molecule has 1 aromatic rings. The molecule has 0 fully saturated rings. The molecule has 7 nitrogen and oxygen atoms in total. The van der Waals surface area contributed by atoms with E-state index in [1.165, 1.54) is 0 Å². The summed E-state index contributed by atoms with van der Waals surface area (Å²) < 4.78 is 1.67. The Hall–Kier alpha value is -1.63. The highest BCUT2D eigenvalue weighted by Crippen LogP contribution is 2.30. The van der Waals surface area contributed by atoms with Crippen LogP contribution in [0, 0.1) is 17.0 Å². The third-order valence-electron chi connectivity index (χ3n) is 2.57. The third-order valence-corrected chi connectivity index (χ3v) is 2.57. The van der Waals surface area contributed by atoms with E-state index in [0.717, 1.165) is 13.1 Å². The van der Waals surface area contributed by atoms with E-state index in [4.69, 9.17) is 0 Å². The lowest BCUT2D eigenvalue weighted by molar-refractivity contribution is -0.384. The Balaban J connectivity index is 2.93. The summed E-state index contributed by atoms with van der Waals surface area (Å²) >= 11 is 0. The number of aromatic nitrogens is 2. The highest BCUT2D eigenvalue weighted by Gasteiger charge is 2.25. The summed E-state index contributed by atoms with van der Waals surface area (Å²) in [6, 6.07) is 0.0824. The average Bonchev–Trinajstić information content (AvgIpc) is 2.62. The first kappa shape index (κ1) is 14.4. The fraction of sp³-hybridized carbons (Fsp3) is 0.727. The molecular formula is C11H21N5O2. The minimum absolute atomic E-state index is 0.0696. The van der Waals surface area contributed by atoms with Crippen LogP contribution in [0.2, 0.25) is 0 Å². The van der Waals surface area contributed by atoms with Gasteiger partial charge in [-0.05, 0) is 27.3 Å². The van der Waals surface area contributed by atoms with Crippen LogP contribution in [-0.4, -0.2) is 34.3 Å². The number of likely N-dealkylation sites (N-methyl/N-ethyl adjacent to an activating group) is 1. The fourth-order valence-electron chi connectivity index (χ4n) is 1.74. The highest BCUT2D eigenvalue weighted by atomic mass is 16.6. The van der Waals surface area contributed by atoms with Gasteiger partial charge in [0.15, 0.2) is 0 Å². The van der Waals surface area contributed by atoms with E-state index < -0.39 is 0 Å². The van der Waals surface area contributed by atoms with Gasteiger partial charge in [-0.2, -0.15) is 5.10 Å². The zero-order valence-electron chi connectivity index (χ0n) is 11.4. The van der Waals surface area contributed by atoms with Gasteiger partial charge in [0.1, 0.15) is 5.69 Å². The van der Waals surface area contributed by atoms with Gasteiger partial charge in [0.25, 0.3) is 0 Å². The largest absolute Gasteiger partial charge is 0.363 e. The standard InChI is InChI=1S/C11H21N5O2/c1-5-12-6-7-13-11-10(16(17)18)9(4)14-15(11)8(2)3/h8,12-13H,5-7H2,1-4H3. The van der Waals surface area contributed by atoms with Crippen LogP contribution in [0.4, 0.5) is 11.5 Å². The summed E-state index contributed by atoms with van der Waals surface area (Å²) in [5.41, 5.74) is 0.514. The van der Waals surface area contributed by atoms with Crippen LogP contribution in [0.3, 0.4) is 0 Å². The van der Waals surface area contributed by atoms with Crippen molar-refractivity contribution in [2.75, 3.05) is 25.0 Å². The molecule has 0 aliphatic carbocycles. The molecule has 0 saturated heterocycles. The second-order valence-corrected chi connectivity index (χ2v) is 4.36. The normalized spacial score (nSPS) is 10.9. The van der Waals surface area contributed by atoms with Crippen LogP contribution in [-0.2, 0) is 0 Å². The lowest BCUT2D eigenvalue weighted by Gasteiger charge is -2.11. The molecule has 0 unspecified atom stereocenters. The van der Waals surface area contributed by atoms with Crippen LogP contribution >= 0.6 is 0 Å². The maximum absolute atomic E-state index is 11.1. The van der Waals surface area contributed by atoms with Crippen molar-refractivity contribution in [2.24, 2.45) is 0 Å². The Kier molecular flexibility index (Phi) is 5.08. The Bertz CT molecular complexity index is 414. The van der Waals surface area contributed by atoms with E-state index in [-0.39, 0.29) is 16.7 Å². The second kappa shape index (κ2) is 6.34. The van der Waals surface area contributed by atoms with Gasteiger partial charge in [0, 0.05) is 19.1 Å². The van der Waals surface area contributed by atoms with Crippen molar-refractivity contribution < 1.29 is 4.92 Å². The number of nitro groups is 1. The summed E-state index contributed by atoms with van der Waals surface area (Å²) in [6.45, 7) is 9.85. The van der Waals surface area contributed by atoms with Crippen LogP contribution in [0.25, 0.3) is 0 Å². The van der Waals surface area contributed by atoms with Crippen molar-refractivity contribution in [1.82, 2.24) is 15.1 Å². The molecule has 0 amide bonds. The van der Waals surface area contributed by atoms with Gasteiger partial charge in [0.2, 0.25) is 5.82 Å². The van der Waals surface area contributed by atoms with Crippen LogP contribution in [0.5, 0.6) is 0 Å². The van der Waals surface area contributed by atoms with E-state index in [1.807, 2.05) is 20.8 Å². The van der Waals surface area contributed by atoms with E-state index in [9.17, 15) is 10.1 Å². The molecule has 0 radical (unpaired) electrons. The summed E-state index contributed by atoms with van der Waals surface area (Å²) in [6.07, 6.45) is 0. The maximum Gasteiger partial charge on any atom is 0.333 e. The summed E-state index contributed by atoms with van der Waals surface area (Å²) in [7, 11) is 0. The number of hydrogen-bond acceptors (Lipinski definition) is 5. The lowest BCUT2D eigenvalue weighted by atomic mass is 10.3. The molecule has 1 rings (SSSR count). The zero-order chi connectivity index (χ0) is 13.7. The Morgan fingerprint density at radius 3 is 2.61 bits per heavy atom. The number of rotatable bonds is 7. The number of nitrogens with one attached hydrogen (secondary N) is 2. The molecule has 0 saturated carbocycles. The molecule has 7 heteroatoms. The summed E-state index contributed by atoms with van der Waals surface area (Å²) in [4.78, 5) is 10.7. The molecular weight excluding hydrogens is 234 g/mol. The number of anilines is 1. The van der Waals surface area contributed by atoms with Crippen molar-refractivity contribution in [3.05, 3.63) is 15.8 Å². The van der Waals surface area contributed by atoms with Gasteiger partial charge in [0.05, 0.1) is 4.92 Å². The maximum atomic E-state index is 11.1. The summed E-state index contributed by atoms with van der Waals surface area (Å²) in [5.74, 6) is 0.491. The first-order valence-electron chi connectivity index (χ1n) is 6.17. The predicted molar refractivity (Wildman–Crippen MR) is 71.0 cm³/mol. The monoisotopic (exact) mass is 255 g/mol. The first-order chi connectivity index (χ1) is 8.49. The van der Waals surface area contributed by atoms with E-state index in [2.05, 4.69) is 15.7 Å². The molecule has 0 aromatic carbocycles. The van der Waals surface area contributed by atoms with Crippen molar-refractivity contribution >= 4 is 11.5 Å². The number of nitrogens with zero attached hydrogens (tertiary/aromatic N) is 3. The van der Waals surface area contributed by atoms with Gasteiger partial charge in [-0.3, -0.25) is 10.1 Å². The van der Waals surface area contributed by atoms with Gasteiger partial charge in [-0.15, -0.1) is 0 Å². The highest BCUT2D eigenvalue weighted by molar-refractivity contribution is 5.59. The quantitative estimate of drug-likeness (QED) is 0.440. The minimum Gasteiger partial charge on any atom is -0.363 e. The molecule has 0 aliphatic rings. The zero-order valence-corrected chi connectivity index (χ0v) is 11.4. The molecule has 0 atom stereocenters. The number of aryl methyl sites for hydroxylation is 1. The number of hydrogen-bond donors (Lipinski definition) is 2. The Morgan fingerprint density at radius 2 is 2.11 bits per heavy atom. The van der Waals surface area contributed by atoms with E-state index in [0.29, 0.717) is 18.1 Å². The van der Waals surface area contributed by atoms with E-state index >= 15 is 0 Å².